The lowest BCUT2D eigenvalue weighted by Gasteiger charge is -1.96. The molecule has 0 saturated heterocycles. The standard InChI is InChI=1S/C10H10O2S2/c1-7-5-8-3-4-9(14(2,11)12)6-10(8)13-7/h3-6H,1-2H3. The van der Waals surface area contributed by atoms with Crippen LogP contribution in [0.1, 0.15) is 4.88 Å². The molecule has 2 aromatic rings. The molecule has 14 heavy (non-hydrogen) atoms. The van der Waals surface area contributed by atoms with E-state index in [0.29, 0.717) is 4.90 Å². The highest BCUT2D eigenvalue weighted by Gasteiger charge is 2.08. The first-order valence-corrected chi connectivity index (χ1v) is 6.88. The van der Waals surface area contributed by atoms with E-state index in [-0.39, 0.29) is 0 Å². The molecule has 0 fully saturated rings. The summed E-state index contributed by atoms with van der Waals surface area (Å²) in [6.07, 6.45) is 1.23. The number of rotatable bonds is 1. The molecule has 74 valence electrons. The third-order valence-corrected chi connectivity index (χ3v) is 4.17. The van der Waals surface area contributed by atoms with Gasteiger partial charge in [0.2, 0.25) is 0 Å². The molecule has 0 bridgehead atoms. The van der Waals surface area contributed by atoms with E-state index in [9.17, 15) is 8.42 Å². The van der Waals surface area contributed by atoms with Crippen molar-refractivity contribution in [1.29, 1.82) is 0 Å². The zero-order valence-corrected chi connectivity index (χ0v) is 9.58. The molecule has 0 amide bonds. The Kier molecular flexibility index (Phi) is 2.12. The van der Waals surface area contributed by atoms with Crippen molar-refractivity contribution in [2.24, 2.45) is 0 Å². The van der Waals surface area contributed by atoms with Crippen LogP contribution in [0.5, 0.6) is 0 Å². The molecule has 0 saturated carbocycles. The van der Waals surface area contributed by atoms with Gasteiger partial charge in [0.1, 0.15) is 0 Å². The first kappa shape index (κ1) is 9.68. The lowest BCUT2D eigenvalue weighted by molar-refractivity contribution is 0.602. The molecule has 0 N–H and O–H groups in total. The molecular weight excluding hydrogens is 216 g/mol. The molecule has 0 radical (unpaired) electrons. The molecule has 0 unspecified atom stereocenters. The number of aryl methyl sites for hydroxylation is 1. The predicted molar refractivity (Wildman–Crippen MR) is 59.7 cm³/mol. The molecule has 0 aliphatic heterocycles. The van der Waals surface area contributed by atoms with Gasteiger partial charge in [-0.05, 0) is 30.5 Å². The van der Waals surface area contributed by atoms with Gasteiger partial charge in [-0.1, -0.05) is 6.07 Å². The predicted octanol–water partition coefficient (Wildman–Crippen LogP) is 2.61. The maximum Gasteiger partial charge on any atom is 0.175 e. The first-order chi connectivity index (χ1) is 6.47. The number of hydrogen-bond acceptors (Lipinski definition) is 3. The van der Waals surface area contributed by atoms with Gasteiger partial charge >= 0.3 is 0 Å². The smallest absolute Gasteiger partial charge is 0.175 e. The molecule has 0 atom stereocenters. The highest BCUT2D eigenvalue weighted by Crippen LogP contribution is 2.27. The van der Waals surface area contributed by atoms with Crippen LogP contribution in [0.25, 0.3) is 10.1 Å². The Bertz CT molecular complexity index is 579. The van der Waals surface area contributed by atoms with Gasteiger partial charge in [-0.2, -0.15) is 0 Å². The van der Waals surface area contributed by atoms with E-state index >= 15 is 0 Å². The lowest BCUT2D eigenvalue weighted by atomic mass is 10.2. The highest BCUT2D eigenvalue weighted by atomic mass is 32.2. The Hall–Kier alpha value is -0.870. The van der Waals surface area contributed by atoms with Crippen molar-refractivity contribution < 1.29 is 8.42 Å². The van der Waals surface area contributed by atoms with Crippen molar-refractivity contribution in [3.05, 3.63) is 29.1 Å². The average molecular weight is 226 g/mol. The quantitative estimate of drug-likeness (QED) is 0.749. The molecule has 2 nitrogen and oxygen atoms in total. The van der Waals surface area contributed by atoms with Gasteiger partial charge in [0, 0.05) is 15.8 Å². The Balaban J connectivity index is 2.74. The van der Waals surface area contributed by atoms with Gasteiger partial charge in [0.25, 0.3) is 0 Å². The maximum atomic E-state index is 11.3. The lowest BCUT2D eigenvalue weighted by Crippen LogP contribution is -1.95. The number of benzene rings is 1. The van der Waals surface area contributed by atoms with Crippen LogP contribution in [0.4, 0.5) is 0 Å². The second-order valence-corrected chi connectivity index (χ2v) is 6.63. The van der Waals surface area contributed by atoms with Crippen LogP contribution < -0.4 is 0 Å². The summed E-state index contributed by atoms with van der Waals surface area (Å²) in [6, 6.07) is 7.31. The van der Waals surface area contributed by atoms with E-state index in [4.69, 9.17) is 0 Å². The SMILES string of the molecule is Cc1cc2ccc(S(C)(=O)=O)cc2s1. The van der Waals surface area contributed by atoms with Gasteiger partial charge in [-0.25, -0.2) is 8.42 Å². The van der Waals surface area contributed by atoms with Crippen LogP contribution in [-0.4, -0.2) is 14.7 Å². The zero-order valence-electron chi connectivity index (χ0n) is 7.94. The van der Waals surface area contributed by atoms with Gasteiger partial charge in [0.15, 0.2) is 9.84 Å². The van der Waals surface area contributed by atoms with Crippen LogP contribution in [0, 0.1) is 6.92 Å². The molecule has 1 aromatic carbocycles. The maximum absolute atomic E-state index is 11.3. The Labute approximate surface area is 87.1 Å². The Morgan fingerprint density at radius 1 is 1.21 bits per heavy atom. The van der Waals surface area contributed by atoms with Crippen molar-refractivity contribution in [2.75, 3.05) is 6.26 Å². The van der Waals surface area contributed by atoms with E-state index in [1.54, 1.807) is 23.5 Å². The van der Waals surface area contributed by atoms with E-state index in [0.717, 1.165) is 10.1 Å². The van der Waals surface area contributed by atoms with Crippen LogP contribution >= 0.6 is 11.3 Å². The minimum atomic E-state index is -3.08. The van der Waals surface area contributed by atoms with Crippen LogP contribution in [-0.2, 0) is 9.84 Å². The third kappa shape index (κ3) is 1.67. The summed E-state index contributed by atoms with van der Waals surface area (Å²) in [5.74, 6) is 0. The van der Waals surface area contributed by atoms with E-state index in [2.05, 4.69) is 6.07 Å². The fourth-order valence-corrected chi connectivity index (χ4v) is 3.06. The molecule has 0 spiro atoms. The molecular formula is C10H10O2S2. The summed E-state index contributed by atoms with van der Waals surface area (Å²) >= 11 is 1.62. The number of thiophene rings is 1. The second kappa shape index (κ2) is 3.07. The topological polar surface area (TPSA) is 34.1 Å². The summed E-state index contributed by atoms with van der Waals surface area (Å²) in [4.78, 5) is 1.59. The summed E-state index contributed by atoms with van der Waals surface area (Å²) in [5, 5.41) is 1.11. The van der Waals surface area contributed by atoms with Crippen molar-refractivity contribution >= 4 is 31.3 Å². The fraction of sp³-hybridized carbons (Fsp3) is 0.200. The van der Waals surface area contributed by atoms with Crippen molar-refractivity contribution in [3.8, 4) is 0 Å². The molecule has 2 rings (SSSR count). The summed E-state index contributed by atoms with van der Waals surface area (Å²) in [5.41, 5.74) is 0. The van der Waals surface area contributed by atoms with Crippen molar-refractivity contribution in [2.45, 2.75) is 11.8 Å². The first-order valence-electron chi connectivity index (χ1n) is 4.17. The summed E-state index contributed by atoms with van der Waals surface area (Å²) in [7, 11) is -3.08. The van der Waals surface area contributed by atoms with Gasteiger partial charge < -0.3 is 0 Å². The van der Waals surface area contributed by atoms with E-state index in [1.807, 2.05) is 13.0 Å². The van der Waals surface area contributed by atoms with Crippen LogP contribution in [0.15, 0.2) is 29.2 Å². The van der Waals surface area contributed by atoms with Crippen molar-refractivity contribution in [1.82, 2.24) is 0 Å². The highest BCUT2D eigenvalue weighted by molar-refractivity contribution is 7.90. The molecule has 4 heteroatoms. The minimum Gasteiger partial charge on any atom is -0.224 e. The second-order valence-electron chi connectivity index (χ2n) is 3.33. The Morgan fingerprint density at radius 2 is 1.93 bits per heavy atom. The molecule has 1 aromatic heterocycles. The number of sulfone groups is 1. The van der Waals surface area contributed by atoms with Crippen LogP contribution in [0.3, 0.4) is 0 Å². The van der Waals surface area contributed by atoms with Gasteiger partial charge in [-0.15, -0.1) is 11.3 Å². The largest absolute Gasteiger partial charge is 0.224 e. The zero-order chi connectivity index (χ0) is 10.3. The van der Waals surface area contributed by atoms with E-state index in [1.165, 1.54) is 11.1 Å². The van der Waals surface area contributed by atoms with E-state index < -0.39 is 9.84 Å². The van der Waals surface area contributed by atoms with Gasteiger partial charge in [0.05, 0.1) is 4.90 Å². The summed E-state index contributed by atoms with van der Waals surface area (Å²) < 4.78 is 23.6. The monoisotopic (exact) mass is 226 g/mol. The molecule has 1 heterocycles. The third-order valence-electron chi connectivity index (χ3n) is 2.04. The Morgan fingerprint density at radius 3 is 2.57 bits per heavy atom. The minimum absolute atomic E-state index is 0.395. The summed E-state index contributed by atoms with van der Waals surface area (Å²) in [6.45, 7) is 2.02. The van der Waals surface area contributed by atoms with Crippen molar-refractivity contribution in [3.63, 3.8) is 0 Å². The van der Waals surface area contributed by atoms with Crippen LogP contribution in [0.2, 0.25) is 0 Å². The normalized spacial score (nSPS) is 12.1. The molecule has 0 aliphatic carbocycles. The fourth-order valence-electron chi connectivity index (χ4n) is 1.37. The number of hydrogen-bond donors (Lipinski definition) is 0. The number of fused-ring (bicyclic) bond motifs is 1. The van der Waals surface area contributed by atoms with Gasteiger partial charge in [-0.3, -0.25) is 0 Å². The average Bonchev–Trinajstić information content (AvgIpc) is 2.41. The molecule has 0 aliphatic rings.